The smallest absolute Gasteiger partial charge is 0.407 e. The molecule has 3 aliphatic heterocycles. The number of rotatable bonds is 19. The number of cyclic esters (lactones) is 1. The molecule has 79 heavy (non-hydrogen) atoms. The van der Waals surface area contributed by atoms with Gasteiger partial charge in [-0.15, -0.1) is 0 Å². The van der Waals surface area contributed by atoms with Gasteiger partial charge in [0.25, 0.3) is 0 Å². The SMILES string of the molecule is CCn1cc(C(=O)O)c(=O)c2cc(CCCOCCOCCNC(=O)O[C@H]3[C@H](C)O[C@@H](O[C@H]4[C@H](C)[C@@H](O[C@@H]5O[C@H](C)CC(N(C)C)[C@H]5O)[C@](C)(O)C[C@@H](C)CN(C)[C@H](C)[C@@H](O)[C@](C)(O)[C@@H](I)OC(=O)[C@@H]4C)C[C@@]3(C)OC)ccc21. The molecule has 23 heteroatoms. The number of carbonyl (C=O) groups is 3. The van der Waals surface area contributed by atoms with Gasteiger partial charge in [0.05, 0.1) is 61.3 Å². The van der Waals surface area contributed by atoms with Crippen molar-refractivity contribution in [1.29, 1.82) is 0 Å². The number of nitrogens with one attached hydrogen (secondary N) is 1. The molecule has 3 saturated heterocycles. The van der Waals surface area contributed by atoms with E-state index >= 15 is 0 Å². The van der Waals surface area contributed by atoms with Gasteiger partial charge < -0.3 is 87.8 Å². The first-order valence-corrected chi connectivity index (χ1v) is 28.9. The van der Waals surface area contributed by atoms with E-state index in [-0.39, 0.29) is 56.2 Å². The highest BCUT2D eigenvalue weighted by molar-refractivity contribution is 14.1. The molecule has 0 saturated carbocycles. The van der Waals surface area contributed by atoms with Crippen LogP contribution in [0.3, 0.4) is 0 Å². The number of aryl methyl sites for hydroxylation is 2. The number of benzene rings is 1. The number of ether oxygens (including phenoxy) is 9. The summed E-state index contributed by atoms with van der Waals surface area (Å²) in [5.41, 5.74) is -3.91. The zero-order valence-electron chi connectivity index (χ0n) is 48.7. The van der Waals surface area contributed by atoms with Crippen molar-refractivity contribution in [2.45, 2.75) is 196 Å². The number of fused-ring (bicyclic) bond motifs is 1. The van der Waals surface area contributed by atoms with E-state index in [0.717, 1.165) is 5.56 Å². The fourth-order valence-electron chi connectivity index (χ4n) is 11.5. The maximum absolute atomic E-state index is 14.4. The van der Waals surface area contributed by atoms with Crippen LogP contribution in [0.5, 0.6) is 0 Å². The molecule has 1 amide bonds. The fourth-order valence-corrected chi connectivity index (χ4v) is 12.1. The van der Waals surface area contributed by atoms with Crippen molar-refractivity contribution in [3.8, 4) is 0 Å². The highest BCUT2D eigenvalue weighted by Gasteiger charge is 2.54. The van der Waals surface area contributed by atoms with Crippen LogP contribution in [-0.4, -0.2) is 214 Å². The van der Waals surface area contributed by atoms with E-state index < -0.39 is 111 Å². The maximum Gasteiger partial charge on any atom is 0.407 e. The Labute approximate surface area is 479 Å². The largest absolute Gasteiger partial charge is 0.477 e. The second-order valence-electron chi connectivity index (χ2n) is 23.0. The summed E-state index contributed by atoms with van der Waals surface area (Å²) in [5.74, 6) is -4.19. The lowest BCUT2D eigenvalue weighted by Gasteiger charge is -2.49. The average molecular weight is 1240 g/mol. The number of carbonyl (C=O) groups excluding carboxylic acids is 2. The molecule has 3 fully saturated rings. The number of aromatic carboxylic acids is 1. The highest BCUT2D eigenvalue weighted by atomic mass is 127. The number of alkyl halides is 1. The lowest BCUT2D eigenvalue weighted by molar-refractivity contribution is -0.317. The molecule has 0 radical (unpaired) electrons. The summed E-state index contributed by atoms with van der Waals surface area (Å²) in [5, 5.41) is 60.3. The van der Waals surface area contributed by atoms with Crippen molar-refractivity contribution in [3.63, 3.8) is 0 Å². The van der Waals surface area contributed by atoms with E-state index in [1.165, 1.54) is 20.2 Å². The van der Waals surface area contributed by atoms with Gasteiger partial charge in [-0.1, -0.05) is 19.9 Å². The number of alkyl carbamates (subject to hydrolysis) is 1. The molecule has 450 valence electrons. The van der Waals surface area contributed by atoms with Crippen molar-refractivity contribution in [2.75, 3.05) is 67.8 Å². The molecule has 1 aromatic heterocycles. The van der Waals surface area contributed by atoms with Gasteiger partial charge in [-0.3, -0.25) is 9.59 Å². The summed E-state index contributed by atoms with van der Waals surface area (Å²) in [6, 6.07) is 4.59. The number of hydrogen-bond acceptors (Lipinski definition) is 19. The number of methoxy groups -OCH3 is 1. The Morgan fingerprint density at radius 1 is 0.937 bits per heavy atom. The lowest BCUT2D eigenvalue weighted by Crippen LogP contribution is -2.61. The number of carboxylic acid groups (broad SMARTS) is 1. The minimum Gasteiger partial charge on any atom is -0.477 e. The van der Waals surface area contributed by atoms with Crippen LogP contribution in [0.1, 0.15) is 111 Å². The number of carboxylic acids is 1. The molecular weight excluding hydrogens is 1140 g/mol. The van der Waals surface area contributed by atoms with Crippen molar-refractivity contribution < 1.29 is 82.5 Å². The number of likely N-dealkylation sites (N-methyl/N-ethyl adjacent to an activating group) is 2. The first-order chi connectivity index (χ1) is 37.0. The van der Waals surface area contributed by atoms with Crippen molar-refractivity contribution in [3.05, 3.63) is 45.7 Å². The molecule has 18 atom stereocenters. The number of nitrogens with zero attached hydrogens (tertiary/aromatic N) is 3. The maximum atomic E-state index is 14.4. The molecule has 4 heterocycles. The number of halogens is 1. The van der Waals surface area contributed by atoms with E-state index in [0.29, 0.717) is 56.5 Å². The molecule has 3 aliphatic rings. The normalized spacial score (nSPS) is 36.6. The number of aliphatic hydroxyl groups excluding tert-OH is 2. The first-order valence-electron chi connectivity index (χ1n) is 27.7. The third-order valence-electron chi connectivity index (χ3n) is 16.2. The Hall–Kier alpha value is -3.15. The zero-order valence-corrected chi connectivity index (χ0v) is 50.9. The van der Waals surface area contributed by atoms with Gasteiger partial charge in [0, 0.05) is 69.4 Å². The van der Waals surface area contributed by atoms with Gasteiger partial charge in [-0.25, -0.2) is 9.59 Å². The first kappa shape index (κ1) is 66.6. The Balaban J connectivity index is 1.23. The molecule has 22 nitrogen and oxygen atoms in total. The Bertz CT molecular complexity index is 2380. The van der Waals surface area contributed by atoms with Crippen LogP contribution < -0.4 is 10.7 Å². The molecule has 1 aromatic carbocycles. The monoisotopic (exact) mass is 1230 g/mol. The molecule has 2 aromatic rings. The summed E-state index contributed by atoms with van der Waals surface area (Å²) in [6.45, 7) is 19.7. The Kier molecular flexibility index (Phi) is 24.4. The zero-order chi connectivity index (χ0) is 58.9. The van der Waals surface area contributed by atoms with Gasteiger partial charge in [-0.2, -0.15) is 0 Å². The fraction of sp³-hybridized carbons (Fsp3) is 0.786. The number of amides is 1. The third kappa shape index (κ3) is 16.8. The number of pyridine rings is 1. The van der Waals surface area contributed by atoms with Crippen LogP contribution in [-0.2, 0) is 60.4 Å². The predicted octanol–water partition coefficient (Wildman–Crippen LogP) is 4.32. The molecule has 5 rings (SSSR count). The van der Waals surface area contributed by atoms with Crippen molar-refractivity contribution >= 4 is 51.5 Å². The Morgan fingerprint density at radius 2 is 1.61 bits per heavy atom. The Morgan fingerprint density at radius 3 is 2.24 bits per heavy atom. The third-order valence-corrected chi connectivity index (χ3v) is 17.7. The summed E-state index contributed by atoms with van der Waals surface area (Å²) in [6.07, 6.45) is -6.39. The quantitative estimate of drug-likeness (QED) is 0.0495. The average Bonchev–Trinajstić information content (AvgIpc) is 3.38. The predicted molar refractivity (Wildman–Crippen MR) is 301 cm³/mol. The molecule has 0 spiro atoms. The van der Waals surface area contributed by atoms with Gasteiger partial charge >= 0.3 is 18.0 Å². The number of esters is 1. The van der Waals surface area contributed by atoms with Crippen LogP contribution in [0, 0.1) is 17.8 Å². The molecule has 6 N–H and O–H groups in total. The van der Waals surface area contributed by atoms with Gasteiger partial charge in [0.1, 0.15) is 29.0 Å². The summed E-state index contributed by atoms with van der Waals surface area (Å²) in [4.78, 5) is 56.0. The standard InChI is InChI=1S/C56H91IN4O18/c1-15-61-30-39(49(65)66)43(62)38-26-37(18-19-40(38)61)17-16-21-72-23-24-73-22-20-58-53(68)78-48-36(7)75-42(28-55(48,9)71-14)76-45-33(4)47(77-51-44(63)41(59(11)12)25-32(3)74-51)54(8,69)27-31(2)29-60(13)35(6)46(64)56(10,70)52(57)79-50(67)34(45)5/h18-19,26,30-36,41-42,44-48,51-52,63-64,69-70H,15-17,20-25,27-29H2,1-14H3,(H,58,68)(H,65,66)/t31-,32-,33+,34-,35-,36+,41?,42+,44-,45+,46-,47-,48+,51+,52+,54-,55-,56+/m1/s1. The second kappa shape index (κ2) is 28.9. The van der Waals surface area contributed by atoms with E-state index in [9.17, 15) is 44.7 Å². The summed E-state index contributed by atoms with van der Waals surface area (Å²) < 4.78 is 56.3. The number of aromatic nitrogens is 1. The van der Waals surface area contributed by atoms with Gasteiger partial charge in [0.2, 0.25) is 5.43 Å². The van der Waals surface area contributed by atoms with Crippen molar-refractivity contribution in [1.82, 2.24) is 19.7 Å². The molecule has 0 aliphatic carbocycles. The van der Waals surface area contributed by atoms with Crippen LogP contribution >= 0.6 is 22.6 Å². The lowest BCUT2D eigenvalue weighted by atomic mass is 9.77. The van der Waals surface area contributed by atoms with Crippen LogP contribution in [0.4, 0.5) is 4.79 Å². The summed E-state index contributed by atoms with van der Waals surface area (Å²) in [7, 11) is 7.03. The van der Waals surface area contributed by atoms with Crippen LogP contribution in [0.25, 0.3) is 10.9 Å². The molecule has 0 bridgehead atoms. The second-order valence-corrected chi connectivity index (χ2v) is 24.2. The number of aliphatic hydroxyl groups is 4. The van der Waals surface area contributed by atoms with Crippen LogP contribution in [0.15, 0.2) is 29.2 Å². The van der Waals surface area contributed by atoms with Gasteiger partial charge in [-0.05, 0) is 148 Å². The van der Waals surface area contributed by atoms with E-state index in [1.807, 2.05) is 86.4 Å². The minimum absolute atomic E-state index is 0.0152. The minimum atomic E-state index is -1.89. The molecular formula is C56H91IN4O18. The number of hydrogen-bond donors (Lipinski definition) is 6. The van der Waals surface area contributed by atoms with E-state index in [4.69, 9.17) is 42.6 Å². The van der Waals surface area contributed by atoms with Crippen LogP contribution in [0.2, 0.25) is 0 Å². The van der Waals surface area contributed by atoms with Gasteiger partial charge in [0.15, 0.2) is 22.8 Å². The van der Waals surface area contributed by atoms with Crippen molar-refractivity contribution in [2.24, 2.45) is 17.8 Å². The molecule has 1 unspecified atom stereocenters. The van der Waals surface area contributed by atoms with E-state index in [1.54, 1.807) is 52.2 Å². The summed E-state index contributed by atoms with van der Waals surface area (Å²) >= 11 is 1.81. The van der Waals surface area contributed by atoms with E-state index in [2.05, 4.69) is 5.32 Å². The highest BCUT2D eigenvalue weighted by Crippen LogP contribution is 2.41. The topological polar surface area (TPSA) is 276 Å².